The topological polar surface area (TPSA) is 35.5 Å². The third-order valence-electron chi connectivity index (χ3n) is 3.31. The Hall–Kier alpha value is -0.120. The van der Waals surface area contributed by atoms with E-state index in [2.05, 4.69) is 37.9 Å². The fourth-order valence-corrected chi connectivity index (χ4v) is 2.61. The summed E-state index contributed by atoms with van der Waals surface area (Å²) in [5.41, 5.74) is 0.211. The molecular formula is C12H26N2O. The van der Waals surface area contributed by atoms with Crippen molar-refractivity contribution in [3.05, 3.63) is 0 Å². The normalized spacial score (nSPS) is 20.6. The van der Waals surface area contributed by atoms with E-state index in [1.54, 1.807) is 0 Å². The van der Waals surface area contributed by atoms with Crippen molar-refractivity contribution in [1.29, 1.82) is 0 Å². The Bertz CT molecular complexity index is 196. The largest absolute Gasteiger partial charge is 0.396 e. The predicted octanol–water partition coefficient (Wildman–Crippen LogP) is 1.08. The lowest BCUT2D eigenvalue weighted by Crippen LogP contribution is -2.54. The van der Waals surface area contributed by atoms with Crippen LogP contribution in [-0.4, -0.2) is 48.3 Å². The predicted molar refractivity (Wildman–Crippen MR) is 64.0 cm³/mol. The van der Waals surface area contributed by atoms with Gasteiger partial charge in [0.1, 0.15) is 0 Å². The van der Waals surface area contributed by atoms with Gasteiger partial charge in [-0.05, 0) is 25.7 Å². The first-order valence-corrected chi connectivity index (χ1v) is 5.94. The van der Waals surface area contributed by atoms with Crippen LogP contribution in [-0.2, 0) is 0 Å². The van der Waals surface area contributed by atoms with Crippen LogP contribution in [0.4, 0.5) is 0 Å². The van der Waals surface area contributed by atoms with Gasteiger partial charge < -0.3 is 10.4 Å². The molecule has 0 bridgehead atoms. The van der Waals surface area contributed by atoms with Gasteiger partial charge in [-0.3, -0.25) is 4.90 Å². The van der Waals surface area contributed by atoms with Crippen LogP contribution in [0.3, 0.4) is 0 Å². The van der Waals surface area contributed by atoms with Gasteiger partial charge in [0.15, 0.2) is 0 Å². The minimum atomic E-state index is 0.0222. The van der Waals surface area contributed by atoms with Crippen LogP contribution in [0.2, 0.25) is 0 Å². The summed E-state index contributed by atoms with van der Waals surface area (Å²) >= 11 is 0. The molecular weight excluding hydrogens is 188 g/mol. The highest BCUT2D eigenvalue weighted by Crippen LogP contribution is 2.31. The molecule has 0 aromatic rings. The highest BCUT2D eigenvalue weighted by Gasteiger charge is 2.33. The molecule has 0 unspecified atom stereocenters. The summed E-state index contributed by atoms with van der Waals surface area (Å²) in [6.07, 6.45) is 1.04. The number of nitrogens with zero attached hydrogens (tertiary/aromatic N) is 1. The maximum atomic E-state index is 9.32. The van der Waals surface area contributed by atoms with Crippen LogP contribution < -0.4 is 5.32 Å². The van der Waals surface area contributed by atoms with Crippen LogP contribution >= 0.6 is 0 Å². The van der Waals surface area contributed by atoms with Gasteiger partial charge in [0.25, 0.3) is 0 Å². The molecule has 2 N–H and O–H groups in total. The Morgan fingerprint density at radius 3 is 2.13 bits per heavy atom. The Morgan fingerprint density at radius 1 is 1.13 bits per heavy atom. The maximum Gasteiger partial charge on any atom is 0.0482 e. The third kappa shape index (κ3) is 3.74. The molecule has 15 heavy (non-hydrogen) atoms. The Balaban J connectivity index is 2.56. The van der Waals surface area contributed by atoms with Crippen molar-refractivity contribution in [2.24, 2.45) is 5.41 Å². The van der Waals surface area contributed by atoms with Gasteiger partial charge in [0.2, 0.25) is 0 Å². The molecule has 90 valence electrons. The molecule has 0 saturated carbocycles. The van der Waals surface area contributed by atoms with Crippen molar-refractivity contribution in [1.82, 2.24) is 10.2 Å². The van der Waals surface area contributed by atoms with E-state index in [1.807, 2.05) is 0 Å². The molecule has 1 saturated heterocycles. The van der Waals surface area contributed by atoms with Crippen LogP contribution in [0.25, 0.3) is 0 Å². The zero-order valence-electron chi connectivity index (χ0n) is 10.6. The summed E-state index contributed by atoms with van der Waals surface area (Å²) in [7, 11) is 0. The molecule has 0 aliphatic carbocycles. The third-order valence-corrected chi connectivity index (χ3v) is 3.31. The summed E-state index contributed by atoms with van der Waals surface area (Å²) in [5.74, 6) is 0. The van der Waals surface area contributed by atoms with Gasteiger partial charge in [0, 0.05) is 38.3 Å². The molecule has 0 radical (unpaired) electrons. The number of rotatable bonds is 4. The number of aliphatic hydroxyl groups excluding tert-OH is 1. The van der Waals surface area contributed by atoms with E-state index in [4.69, 9.17) is 0 Å². The first-order valence-electron chi connectivity index (χ1n) is 5.94. The minimum absolute atomic E-state index is 0.0222. The molecule has 0 atom stereocenters. The molecule has 0 aromatic heterocycles. The monoisotopic (exact) mass is 214 g/mol. The van der Waals surface area contributed by atoms with E-state index in [0.29, 0.717) is 0 Å². The summed E-state index contributed by atoms with van der Waals surface area (Å²) in [6, 6.07) is 0. The summed E-state index contributed by atoms with van der Waals surface area (Å²) in [5, 5.41) is 12.7. The zero-order valence-corrected chi connectivity index (χ0v) is 10.6. The summed E-state index contributed by atoms with van der Waals surface area (Å²) in [4.78, 5) is 2.53. The quantitative estimate of drug-likeness (QED) is 0.735. The average molecular weight is 214 g/mol. The standard InChI is InChI=1S/C12H26N2O/c1-11(2,10-15)9-12(3,4)14-7-5-13-6-8-14/h13,15H,5-10H2,1-4H3. The average Bonchev–Trinajstić information content (AvgIpc) is 2.18. The number of piperazine rings is 1. The van der Waals surface area contributed by atoms with Crippen molar-refractivity contribution < 1.29 is 5.11 Å². The molecule has 1 heterocycles. The van der Waals surface area contributed by atoms with Crippen molar-refractivity contribution in [2.75, 3.05) is 32.8 Å². The number of hydrogen-bond donors (Lipinski definition) is 2. The first kappa shape index (κ1) is 12.9. The molecule has 0 aromatic carbocycles. The molecule has 1 aliphatic heterocycles. The first-order chi connectivity index (χ1) is 6.87. The number of hydrogen-bond acceptors (Lipinski definition) is 3. The second-order valence-electron chi connectivity index (χ2n) is 6.05. The van der Waals surface area contributed by atoms with Gasteiger partial charge in [-0.15, -0.1) is 0 Å². The van der Waals surface area contributed by atoms with Crippen LogP contribution in [0.15, 0.2) is 0 Å². The summed E-state index contributed by atoms with van der Waals surface area (Å²) in [6.45, 7) is 13.5. The van der Waals surface area contributed by atoms with E-state index in [9.17, 15) is 5.11 Å². The van der Waals surface area contributed by atoms with E-state index >= 15 is 0 Å². The fraction of sp³-hybridized carbons (Fsp3) is 1.00. The number of nitrogens with one attached hydrogen (secondary N) is 1. The molecule has 1 fully saturated rings. The Labute approximate surface area is 93.9 Å². The highest BCUT2D eigenvalue weighted by molar-refractivity contribution is 4.89. The van der Waals surface area contributed by atoms with Gasteiger partial charge in [-0.1, -0.05) is 13.8 Å². The fourth-order valence-electron chi connectivity index (χ4n) is 2.61. The van der Waals surface area contributed by atoms with E-state index in [0.717, 1.165) is 32.6 Å². The lowest BCUT2D eigenvalue weighted by atomic mass is 9.79. The van der Waals surface area contributed by atoms with Gasteiger partial charge >= 0.3 is 0 Å². The van der Waals surface area contributed by atoms with Gasteiger partial charge in [-0.25, -0.2) is 0 Å². The SMILES string of the molecule is CC(C)(CO)CC(C)(C)N1CCNCC1. The number of aliphatic hydroxyl groups is 1. The highest BCUT2D eigenvalue weighted by atomic mass is 16.3. The summed E-state index contributed by atoms with van der Waals surface area (Å²) < 4.78 is 0. The van der Waals surface area contributed by atoms with Gasteiger partial charge in [0.05, 0.1) is 0 Å². The van der Waals surface area contributed by atoms with E-state index in [-0.39, 0.29) is 17.6 Å². The molecule has 1 aliphatic rings. The lowest BCUT2D eigenvalue weighted by molar-refractivity contribution is 0.0375. The smallest absolute Gasteiger partial charge is 0.0482 e. The van der Waals surface area contributed by atoms with Crippen LogP contribution in [0, 0.1) is 5.41 Å². The van der Waals surface area contributed by atoms with Crippen molar-refractivity contribution in [3.63, 3.8) is 0 Å². The van der Waals surface area contributed by atoms with Crippen molar-refractivity contribution in [2.45, 2.75) is 39.7 Å². The van der Waals surface area contributed by atoms with Crippen LogP contribution in [0.1, 0.15) is 34.1 Å². The molecule has 0 amide bonds. The van der Waals surface area contributed by atoms with Crippen molar-refractivity contribution >= 4 is 0 Å². The molecule has 3 nitrogen and oxygen atoms in total. The molecule has 1 rings (SSSR count). The molecule has 0 spiro atoms. The zero-order chi connectivity index (χ0) is 11.5. The van der Waals surface area contributed by atoms with Gasteiger partial charge in [-0.2, -0.15) is 0 Å². The second-order valence-corrected chi connectivity index (χ2v) is 6.05. The lowest BCUT2D eigenvalue weighted by Gasteiger charge is -2.44. The molecule has 3 heteroatoms. The van der Waals surface area contributed by atoms with Crippen molar-refractivity contribution in [3.8, 4) is 0 Å². The minimum Gasteiger partial charge on any atom is -0.396 e. The Morgan fingerprint density at radius 2 is 1.67 bits per heavy atom. The maximum absolute atomic E-state index is 9.32. The second kappa shape index (κ2) is 4.81. The van der Waals surface area contributed by atoms with E-state index < -0.39 is 0 Å². The Kier molecular flexibility index (Phi) is 4.15. The van der Waals surface area contributed by atoms with Crippen LogP contribution in [0.5, 0.6) is 0 Å². The van der Waals surface area contributed by atoms with E-state index in [1.165, 1.54) is 0 Å².